The first-order valence-electron chi connectivity index (χ1n) is 8.58. The predicted octanol–water partition coefficient (Wildman–Crippen LogP) is 2.23. The summed E-state index contributed by atoms with van der Waals surface area (Å²) in [6.07, 6.45) is -4.62. The van der Waals surface area contributed by atoms with E-state index in [2.05, 4.69) is 20.5 Å². The Balaban J connectivity index is 1.97. The number of aliphatic imine (C=N–C) groups is 1. The molecule has 0 amide bonds. The number of rotatable bonds is 6. The van der Waals surface area contributed by atoms with Gasteiger partial charge in [-0.05, 0) is 24.6 Å². The standard InChI is InChI=1S/C17H24F4N4O/c1-2-22-16(23-5-6-25-7-9-26-10-8-25)24-12-13-3-4-14(18)11-15(13)17(19,20)21/h3-4,11H,2,5-10,12H2,1H3,(H2,22,23,24). The molecule has 0 aromatic heterocycles. The smallest absolute Gasteiger partial charge is 0.379 e. The van der Waals surface area contributed by atoms with Gasteiger partial charge in [-0.1, -0.05) is 6.07 Å². The fourth-order valence-electron chi connectivity index (χ4n) is 2.61. The first-order valence-corrected chi connectivity index (χ1v) is 8.58. The minimum Gasteiger partial charge on any atom is -0.379 e. The van der Waals surface area contributed by atoms with Gasteiger partial charge in [0.2, 0.25) is 0 Å². The van der Waals surface area contributed by atoms with Crippen LogP contribution >= 0.6 is 0 Å². The van der Waals surface area contributed by atoms with Crippen molar-refractivity contribution >= 4 is 5.96 Å². The fourth-order valence-corrected chi connectivity index (χ4v) is 2.61. The Morgan fingerprint density at radius 2 is 1.96 bits per heavy atom. The lowest BCUT2D eigenvalue weighted by Crippen LogP contribution is -2.44. The molecule has 26 heavy (non-hydrogen) atoms. The number of hydrogen-bond donors (Lipinski definition) is 2. The van der Waals surface area contributed by atoms with E-state index in [1.165, 1.54) is 0 Å². The van der Waals surface area contributed by atoms with Gasteiger partial charge in [0.25, 0.3) is 0 Å². The molecule has 0 spiro atoms. The molecule has 1 aliphatic heterocycles. The van der Waals surface area contributed by atoms with Crippen LogP contribution in [0.5, 0.6) is 0 Å². The van der Waals surface area contributed by atoms with E-state index in [-0.39, 0.29) is 12.1 Å². The molecule has 1 aromatic rings. The van der Waals surface area contributed by atoms with Gasteiger partial charge in [0.1, 0.15) is 5.82 Å². The second-order valence-corrected chi connectivity index (χ2v) is 5.88. The molecule has 146 valence electrons. The number of guanidine groups is 1. The molecule has 1 aliphatic rings. The number of alkyl halides is 3. The Bertz CT molecular complexity index is 601. The summed E-state index contributed by atoms with van der Waals surface area (Å²) in [5, 5.41) is 6.11. The Hall–Kier alpha value is -1.87. The highest BCUT2D eigenvalue weighted by molar-refractivity contribution is 5.79. The van der Waals surface area contributed by atoms with Crippen molar-refractivity contribution in [3.05, 3.63) is 35.1 Å². The highest BCUT2D eigenvalue weighted by atomic mass is 19.4. The molecule has 0 saturated carbocycles. The third-order valence-electron chi connectivity index (χ3n) is 3.95. The Labute approximate surface area is 150 Å². The van der Waals surface area contributed by atoms with E-state index >= 15 is 0 Å². The summed E-state index contributed by atoms with van der Waals surface area (Å²) in [7, 11) is 0. The number of ether oxygens (including phenoxy) is 1. The fraction of sp³-hybridized carbons (Fsp3) is 0.588. The maximum atomic E-state index is 13.2. The first-order chi connectivity index (χ1) is 12.4. The number of nitrogens with zero attached hydrogens (tertiary/aromatic N) is 2. The molecule has 2 rings (SSSR count). The summed E-state index contributed by atoms with van der Waals surface area (Å²) >= 11 is 0. The van der Waals surface area contributed by atoms with Crippen LogP contribution in [0.15, 0.2) is 23.2 Å². The van der Waals surface area contributed by atoms with E-state index < -0.39 is 17.6 Å². The van der Waals surface area contributed by atoms with Gasteiger partial charge < -0.3 is 15.4 Å². The molecule has 2 N–H and O–H groups in total. The zero-order valence-corrected chi connectivity index (χ0v) is 14.7. The quantitative estimate of drug-likeness (QED) is 0.454. The van der Waals surface area contributed by atoms with Gasteiger partial charge in [0.15, 0.2) is 5.96 Å². The summed E-state index contributed by atoms with van der Waals surface area (Å²) < 4.78 is 57.6. The van der Waals surface area contributed by atoms with Crippen LogP contribution in [0.3, 0.4) is 0 Å². The van der Waals surface area contributed by atoms with Crippen molar-refractivity contribution in [1.82, 2.24) is 15.5 Å². The SMILES string of the molecule is CCNC(=NCc1ccc(F)cc1C(F)(F)F)NCCN1CCOCC1. The summed E-state index contributed by atoms with van der Waals surface area (Å²) in [6.45, 7) is 6.80. The lowest BCUT2D eigenvalue weighted by molar-refractivity contribution is -0.138. The second kappa shape index (κ2) is 9.72. The lowest BCUT2D eigenvalue weighted by atomic mass is 10.1. The normalized spacial score (nSPS) is 16.6. The van der Waals surface area contributed by atoms with Crippen LogP contribution in [0.2, 0.25) is 0 Å². The van der Waals surface area contributed by atoms with Gasteiger partial charge in [0.05, 0.1) is 25.3 Å². The van der Waals surface area contributed by atoms with Gasteiger partial charge in [-0.25, -0.2) is 9.38 Å². The van der Waals surface area contributed by atoms with Crippen molar-refractivity contribution in [2.75, 3.05) is 45.9 Å². The predicted molar refractivity (Wildman–Crippen MR) is 91.5 cm³/mol. The van der Waals surface area contributed by atoms with E-state index in [9.17, 15) is 17.6 Å². The van der Waals surface area contributed by atoms with Crippen molar-refractivity contribution < 1.29 is 22.3 Å². The van der Waals surface area contributed by atoms with Crippen molar-refractivity contribution in [1.29, 1.82) is 0 Å². The van der Waals surface area contributed by atoms with Crippen LogP contribution in [-0.2, 0) is 17.5 Å². The summed E-state index contributed by atoms with van der Waals surface area (Å²) in [5.41, 5.74) is -1.06. The Morgan fingerprint density at radius 1 is 1.23 bits per heavy atom. The lowest BCUT2D eigenvalue weighted by Gasteiger charge is -2.26. The van der Waals surface area contributed by atoms with Gasteiger partial charge in [-0.2, -0.15) is 13.2 Å². The number of hydrogen-bond acceptors (Lipinski definition) is 3. The summed E-state index contributed by atoms with van der Waals surface area (Å²) in [4.78, 5) is 6.44. The number of benzene rings is 1. The van der Waals surface area contributed by atoms with E-state index in [4.69, 9.17) is 4.74 Å². The Morgan fingerprint density at radius 3 is 2.62 bits per heavy atom. The summed E-state index contributed by atoms with van der Waals surface area (Å²) in [6, 6.07) is 2.64. The maximum absolute atomic E-state index is 13.2. The van der Waals surface area contributed by atoms with Crippen LogP contribution in [0.1, 0.15) is 18.1 Å². The molecule has 0 unspecified atom stereocenters. The van der Waals surface area contributed by atoms with Gasteiger partial charge >= 0.3 is 6.18 Å². The van der Waals surface area contributed by atoms with Gasteiger partial charge in [0, 0.05) is 32.7 Å². The van der Waals surface area contributed by atoms with Crippen molar-refractivity contribution in [2.24, 2.45) is 4.99 Å². The zero-order chi connectivity index (χ0) is 19.0. The van der Waals surface area contributed by atoms with Crippen LogP contribution in [0.25, 0.3) is 0 Å². The van der Waals surface area contributed by atoms with E-state index in [1.54, 1.807) is 0 Å². The average Bonchev–Trinajstić information content (AvgIpc) is 2.60. The molecule has 0 atom stereocenters. The minimum atomic E-state index is -4.62. The van der Waals surface area contributed by atoms with Crippen LogP contribution in [-0.4, -0.2) is 56.8 Å². The molecule has 0 radical (unpaired) electrons. The van der Waals surface area contributed by atoms with Gasteiger partial charge in [-0.3, -0.25) is 4.90 Å². The van der Waals surface area contributed by atoms with Crippen molar-refractivity contribution in [3.8, 4) is 0 Å². The minimum absolute atomic E-state index is 0.0655. The second-order valence-electron chi connectivity index (χ2n) is 5.88. The van der Waals surface area contributed by atoms with Gasteiger partial charge in [-0.15, -0.1) is 0 Å². The molecular formula is C17H24F4N4O. The summed E-state index contributed by atoms with van der Waals surface area (Å²) in [5.74, 6) is -0.487. The number of halogens is 4. The Kier molecular flexibility index (Phi) is 7.65. The van der Waals surface area contributed by atoms with Crippen LogP contribution in [0.4, 0.5) is 17.6 Å². The van der Waals surface area contributed by atoms with E-state index in [1.807, 2.05) is 6.92 Å². The topological polar surface area (TPSA) is 48.9 Å². The molecule has 1 saturated heterocycles. The molecule has 5 nitrogen and oxygen atoms in total. The van der Waals surface area contributed by atoms with E-state index in [0.717, 1.165) is 31.8 Å². The first kappa shape index (κ1) is 20.4. The molecule has 9 heteroatoms. The number of nitrogens with one attached hydrogen (secondary N) is 2. The highest BCUT2D eigenvalue weighted by Crippen LogP contribution is 2.32. The highest BCUT2D eigenvalue weighted by Gasteiger charge is 2.33. The molecule has 1 heterocycles. The van der Waals surface area contributed by atoms with Crippen LogP contribution < -0.4 is 10.6 Å². The molecule has 0 aliphatic carbocycles. The third kappa shape index (κ3) is 6.45. The van der Waals surface area contributed by atoms with Crippen LogP contribution in [0, 0.1) is 5.82 Å². The molecule has 0 bridgehead atoms. The maximum Gasteiger partial charge on any atom is 0.416 e. The third-order valence-corrected chi connectivity index (χ3v) is 3.95. The largest absolute Gasteiger partial charge is 0.416 e. The van der Waals surface area contributed by atoms with Crippen molar-refractivity contribution in [3.63, 3.8) is 0 Å². The molecule has 1 fully saturated rings. The zero-order valence-electron chi connectivity index (χ0n) is 14.7. The molecule has 1 aromatic carbocycles. The molecular weight excluding hydrogens is 352 g/mol. The monoisotopic (exact) mass is 376 g/mol. The average molecular weight is 376 g/mol. The number of morpholine rings is 1. The van der Waals surface area contributed by atoms with E-state index in [0.29, 0.717) is 38.3 Å². The van der Waals surface area contributed by atoms with Crippen molar-refractivity contribution in [2.45, 2.75) is 19.6 Å².